The van der Waals surface area contributed by atoms with Crippen LogP contribution in [0.4, 0.5) is 10.5 Å². The molecule has 0 heterocycles. The molecule has 0 bridgehead atoms. The SMILES string of the molecule is CCOC(=O)Nc1ccccc1SCC(N)=O. The fraction of sp³-hybridized carbons (Fsp3) is 0.273. The summed E-state index contributed by atoms with van der Waals surface area (Å²) in [4.78, 5) is 22.7. The van der Waals surface area contributed by atoms with Crippen molar-refractivity contribution in [3.05, 3.63) is 24.3 Å². The fourth-order valence-corrected chi connectivity index (χ4v) is 1.87. The van der Waals surface area contributed by atoms with E-state index in [4.69, 9.17) is 10.5 Å². The third kappa shape index (κ3) is 4.78. The molecule has 0 fully saturated rings. The van der Waals surface area contributed by atoms with Gasteiger partial charge in [0.1, 0.15) is 0 Å². The lowest BCUT2D eigenvalue weighted by atomic mass is 10.3. The Morgan fingerprint density at radius 1 is 1.41 bits per heavy atom. The molecular weight excluding hydrogens is 240 g/mol. The van der Waals surface area contributed by atoms with Crippen molar-refractivity contribution in [1.82, 2.24) is 0 Å². The number of carbonyl (C=O) groups is 2. The molecule has 0 aliphatic heterocycles. The van der Waals surface area contributed by atoms with Crippen molar-refractivity contribution in [2.45, 2.75) is 11.8 Å². The van der Waals surface area contributed by atoms with E-state index in [9.17, 15) is 9.59 Å². The van der Waals surface area contributed by atoms with E-state index >= 15 is 0 Å². The van der Waals surface area contributed by atoms with Crippen molar-refractivity contribution < 1.29 is 14.3 Å². The largest absolute Gasteiger partial charge is 0.450 e. The van der Waals surface area contributed by atoms with Gasteiger partial charge in [0, 0.05) is 4.90 Å². The number of ether oxygens (including phenoxy) is 1. The summed E-state index contributed by atoms with van der Waals surface area (Å²) in [5.41, 5.74) is 5.68. The molecule has 5 nitrogen and oxygen atoms in total. The fourth-order valence-electron chi connectivity index (χ4n) is 1.12. The summed E-state index contributed by atoms with van der Waals surface area (Å²) in [6, 6.07) is 7.14. The summed E-state index contributed by atoms with van der Waals surface area (Å²) in [5.74, 6) is -0.234. The number of anilines is 1. The van der Waals surface area contributed by atoms with Crippen LogP contribution < -0.4 is 11.1 Å². The van der Waals surface area contributed by atoms with Crippen LogP contribution in [0, 0.1) is 0 Å². The van der Waals surface area contributed by atoms with Crippen LogP contribution in [0.5, 0.6) is 0 Å². The second kappa shape index (κ2) is 6.80. The number of carbonyl (C=O) groups excluding carboxylic acids is 2. The molecule has 1 aromatic rings. The summed E-state index contributed by atoms with van der Waals surface area (Å²) in [6.45, 7) is 2.04. The van der Waals surface area contributed by atoms with E-state index in [0.717, 1.165) is 4.90 Å². The lowest BCUT2D eigenvalue weighted by Gasteiger charge is -2.09. The highest BCUT2D eigenvalue weighted by Gasteiger charge is 2.07. The highest BCUT2D eigenvalue weighted by Crippen LogP contribution is 2.26. The van der Waals surface area contributed by atoms with Gasteiger partial charge in [-0.05, 0) is 19.1 Å². The Balaban J connectivity index is 2.70. The molecule has 0 spiro atoms. The average Bonchev–Trinajstić information content (AvgIpc) is 2.28. The molecule has 0 atom stereocenters. The zero-order valence-electron chi connectivity index (χ0n) is 9.43. The first-order valence-corrected chi connectivity index (χ1v) is 6.06. The standard InChI is InChI=1S/C11H14N2O3S/c1-2-16-11(15)13-8-5-3-4-6-9(8)17-7-10(12)14/h3-6H,2,7H2,1H3,(H2,12,14)(H,13,15). The average molecular weight is 254 g/mol. The molecule has 1 rings (SSSR count). The molecule has 0 aliphatic rings. The van der Waals surface area contributed by atoms with Crippen molar-refractivity contribution in [2.75, 3.05) is 17.7 Å². The normalized spacial score (nSPS) is 9.71. The number of benzene rings is 1. The summed E-state index contributed by atoms with van der Waals surface area (Å²) in [6.07, 6.45) is -0.514. The number of nitrogens with one attached hydrogen (secondary N) is 1. The minimum absolute atomic E-state index is 0.168. The van der Waals surface area contributed by atoms with Crippen LogP contribution in [-0.4, -0.2) is 24.4 Å². The van der Waals surface area contributed by atoms with Gasteiger partial charge in [-0.25, -0.2) is 4.79 Å². The molecule has 0 radical (unpaired) electrons. The molecule has 0 saturated carbocycles. The van der Waals surface area contributed by atoms with E-state index in [1.165, 1.54) is 11.8 Å². The molecule has 0 aromatic heterocycles. The third-order valence-corrected chi connectivity index (χ3v) is 2.87. The maximum atomic E-state index is 11.3. The van der Waals surface area contributed by atoms with Gasteiger partial charge in [-0.3, -0.25) is 10.1 Å². The Hall–Kier alpha value is -1.69. The number of hydrogen-bond donors (Lipinski definition) is 2. The predicted molar refractivity (Wildman–Crippen MR) is 67.0 cm³/mol. The summed E-state index contributed by atoms with van der Waals surface area (Å²) in [7, 11) is 0. The monoisotopic (exact) mass is 254 g/mol. The predicted octanol–water partition coefficient (Wildman–Crippen LogP) is 1.83. The molecule has 17 heavy (non-hydrogen) atoms. The maximum Gasteiger partial charge on any atom is 0.411 e. The number of para-hydroxylation sites is 1. The van der Waals surface area contributed by atoms with Crippen LogP contribution in [0.1, 0.15) is 6.92 Å². The smallest absolute Gasteiger partial charge is 0.411 e. The van der Waals surface area contributed by atoms with E-state index in [0.29, 0.717) is 12.3 Å². The van der Waals surface area contributed by atoms with Gasteiger partial charge >= 0.3 is 6.09 Å². The van der Waals surface area contributed by atoms with E-state index < -0.39 is 12.0 Å². The number of rotatable bonds is 5. The first kappa shape index (κ1) is 13.4. The van der Waals surface area contributed by atoms with Crippen LogP contribution in [0.2, 0.25) is 0 Å². The van der Waals surface area contributed by atoms with Crippen LogP contribution in [0.25, 0.3) is 0 Å². The van der Waals surface area contributed by atoms with Crippen LogP contribution in [0.3, 0.4) is 0 Å². The number of thioether (sulfide) groups is 1. The Labute approximate surface area is 104 Å². The molecule has 0 aliphatic carbocycles. The zero-order chi connectivity index (χ0) is 12.7. The van der Waals surface area contributed by atoms with Gasteiger partial charge in [-0.1, -0.05) is 12.1 Å². The van der Waals surface area contributed by atoms with Crippen LogP contribution in [-0.2, 0) is 9.53 Å². The second-order valence-electron chi connectivity index (χ2n) is 3.10. The van der Waals surface area contributed by atoms with Gasteiger partial charge in [0.2, 0.25) is 5.91 Å². The lowest BCUT2D eigenvalue weighted by Crippen LogP contribution is -2.15. The highest BCUT2D eigenvalue weighted by molar-refractivity contribution is 8.00. The van der Waals surface area contributed by atoms with E-state index in [-0.39, 0.29) is 5.75 Å². The molecule has 1 aromatic carbocycles. The minimum Gasteiger partial charge on any atom is -0.450 e. The van der Waals surface area contributed by atoms with E-state index in [2.05, 4.69) is 5.32 Å². The van der Waals surface area contributed by atoms with Gasteiger partial charge in [-0.15, -0.1) is 11.8 Å². The van der Waals surface area contributed by atoms with Gasteiger partial charge in [-0.2, -0.15) is 0 Å². The van der Waals surface area contributed by atoms with Crippen molar-refractivity contribution in [1.29, 1.82) is 0 Å². The first-order chi connectivity index (χ1) is 8.13. The maximum absolute atomic E-state index is 11.3. The molecule has 2 amide bonds. The van der Waals surface area contributed by atoms with Crippen molar-refractivity contribution in [3.63, 3.8) is 0 Å². The van der Waals surface area contributed by atoms with Crippen molar-refractivity contribution >= 4 is 29.4 Å². The van der Waals surface area contributed by atoms with Crippen LogP contribution >= 0.6 is 11.8 Å². The Morgan fingerprint density at radius 2 is 2.12 bits per heavy atom. The van der Waals surface area contributed by atoms with E-state index in [1.54, 1.807) is 25.1 Å². The molecule has 0 saturated heterocycles. The highest BCUT2D eigenvalue weighted by atomic mass is 32.2. The minimum atomic E-state index is -0.514. The quantitative estimate of drug-likeness (QED) is 0.785. The number of hydrogen-bond acceptors (Lipinski definition) is 4. The Bertz CT molecular complexity index is 409. The summed E-state index contributed by atoms with van der Waals surface area (Å²) >= 11 is 1.27. The van der Waals surface area contributed by atoms with Gasteiger partial charge in [0.05, 0.1) is 18.0 Å². The first-order valence-electron chi connectivity index (χ1n) is 5.07. The lowest BCUT2D eigenvalue weighted by molar-refractivity contribution is -0.115. The van der Waals surface area contributed by atoms with E-state index in [1.807, 2.05) is 6.07 Å². The number of amides is 2. The number of nitrogens with two attached hydrogens (primary N) is 1. The Morgan fingerprint density at radius 3 is 2.76 bits per heavy atom. The second-order valence-corrected chi connectivity index (χ2v) is 4.11. The third-order valence-electron chi connectivity index (χ3n) is 1.77. The zero-order valence-corrected chi connectivity index (χ0v) is 10.3. The van der Waals surface area contributed by atoms with Crippen LogP contribution in [0.15, 0.2) is 29.2 Å². The summed E-state index contributed by atoms with van der Waals surface area (Å²) in [5, 5.41) is 2.60. The molecule has 92 valence electrons. The molecule has 3 N–H and O–H groups in total. The van der Waals surface area contributed by atoms with Gasteiger partial charge < -0.3 is 10.5 Å². The molecule has 6 heteroatoms. The van der Waals surface area contributed by atoms with Crippen molar-refractivity contribution in [3.8, 4) is 0 Å². The van der Waals surface area contributed by atoms with Crippen molar-refractivity contribution in [2.24, 2.45) is 5.73 Å². The number of primary amides is 1. The van der Waals surface area contributed by atoms with Gasteiger partial charge in [0.25, 0.3) is 0 Å². The van der Waals surface area contributed by atoms with Gasteiger partial charge in [0.15, 0.2) is 0 Å². The topological polar surface area (TPSA) is 81.4 Å². The Kier molecular flexibility index (Phi) is 5.35. The molecular formula is C11H14N2O3S. The summed E-state index contributed by atoms with van der Waals surface area (Å²) < 4.78 is 4.78. The molecule has 0 unspecified atom stereocenters.